The van der Waals surface area contributed by atoms with Crippen LogP contribution in [0.4, 0.5) is 5.69 Å². The second-order valence-corrected chi connectivity index (χ2v) is 7.53. The zero-order valence-corrected chi connectivity index (χ0v) is 17.3. The summed E-state index contributed by atoms with van der Waals surface area (Å²) >= 11 is 12.1. The zero-order valence-electron chi connectivity index (χ0n) is 15.8. The highest BCUT2D eigenvalue weighted by Gasteiger charge is 2.24. The van der Waals surface area contributed by atoms with E-state index in [1.807, 2.05) is 24.3 Å². The Morgan fingerprint density at radius 3 is 2.56 bits per heavy atom. The topological polar surface area (TPSA) is 33.7 Å². The van der Waals surface area contributed by atoms with Gasteiger partial charge in [-0.25, -0.2) is 0 Å². The summed E-state index contributed by atoms with van der Waals surface area (Å²) in [6, 6.07) is 12.3. The van der Waals surface area contributed by atoms with Gasteiger partial charge in [0.2, 0.25) is 0 Å². The van der Waals surface area contributed by atoms with Gasteiger partial charge < -0.3 is 14.8 Å². The Morgan fingerprint density at radius 2 is 1.81 bits per heavy atom. The van der Waals surface area contributed by atoms with Crippen molar-refractivity contribution in [3.63, 3.8) is 0 Å². The number of likely N-dealkylation sites (tertiary alicyclic amines) is 1. The number of hydrogen-bond acceptors (Lipinski definition) is 4. The number of hydrogen-bond donors (Lipinski definition) is 1. The molecule has 1 heterocycles. The summed E-state index contributed by atoms with van der Waals surface area (Å²) in [7, 11) is 3.35. The fraction of sp³-hybridized carbons (Fsp3) is 0.429. The minimum atomic E-state index is 0.397. The van der Waals surface area contributed by atoms with E-state index >= 15 is 0 Å². The Morgan fingerprint density at radius 1 is 1.00 bits per heavy atom. The van der Waals surface area contributed by atoms with Crippen LogP contribution in [0, 0.1) is 0 Å². The molecule has 0 radical (unpaired) electrons. The number of nitrogens with one attached hydrogen (secondary N) is 1. The Labute approximate surface area is 171 Å². The van der Waals surface area contributed by atoms with Gasteiger partial charge in [0.1, 0.15) is 0 Å². The maximum Gasteiger partial charge on any atom is 0.161 e. The van der Waals surface area contributed by atoms with Gasteiger partial charge in [0, 0.05) is 24.8 Å². The lowest BCUT2D eigenvalue weighted by atomic mass is 9.95. The van der Waals surface area contributed by atoms with E-state index < -0.39 is 0 Å². The molecule has 146 valence electrons. The largest absolute Gasteiger partial charge is 0.493 e. The van der Waals surface area contributed by atoms with Crippen LogP contribution in [-0.4, -0.2) is 38.8 Å². The number of piperidine rings is 1. The number of rotatable bonds is 7. The first-order valence-corrected chi connectivity index (χ1v) is 10.0. The standard InChI is InChI=1S/C21H26Cl2N2O2/c1-26-20-9-6-15(13-21(20)27-2)19-5-3-4-11-25(19)12-10-24-16-7-8-17(22)18(23)14-16/h6-9,13-14,19,24H,3-5,10-12H2,1-2H3. The van der Waals surface area contributed by atoms with Crippen LogP contribution < -0.4 is 14.8 Å². The molecule has 1 unspecified atom stereocenters. The van der Waals surface area contributed by atoms with Crippen LogP contribution >= 0.6 is 23.2 Å². The van der Waals surface area contributed by atoms with Gasteiger partial charge in [0.15, 0.2) is 11.5 Å². The van der Waals surface area contributed by atoms with Gasteiger partial charge >= 0.3 is 0 Å². The zero-order chi connectivity index (χ0) is 19.2. The van der Waals surface area contributed by atoms with Crippen molar-refractivity contribution < 1.29 is 9.47 Å². The third kappa shape index (κ3) is 5.01. The molecular formula is C21H26Cl2N2O2. The van der Waals surface area contributed by atoms with Gasteiger partial charge in [-0.1, -0.05) is 35.7 Å². The second-order valence-electron chi connectivity index (χ2n) is 6.72. The predicted octanol–water partition coefficient (Wildman–Crippen LogP) is 5.65. The summed E-state index contributed by atoms with van der Waals surface area (Å²) in [6.07, 6.45) is 3.63. The third-order valence-corrected chi connectivity index (χ3v) is 5.79. The van der Waals surface area contributed by atoms with E-state index in [1.54, 1.807) is 14.2 Å². The second kappa shape index (κ2) is 9.54. The fourth-order valence-electron chi connectivity index (χ4n) is 3.65. The summed E-state index contributed by atoms with van der Waals surface area (Å²) in [6.45, 7) is 2.91. The molecule has 6 heteroatoms. The number of halogens is 2. The maximum atomic E-state index is 6.09. The molecule has 0 amide bonds. The van der Waals surface area contributed by atoms with Crippen molar-refractivity contribution in [1.29, 1.82) is 0 Å². The minimum absolute atomic E-state index is 0.397. The van der Waals surface area contributed by atoms with Crippen LogP contribution in [0.2, 0.25) is 10.0 Å². The molecule has 1 aliphatic heterocycles. The lowest BCUT2D eigenvalue weighted by molar-refractivity contribution is 0.154. The van der Waals surface area contributed by atoms with Crippen LogP contribution in [-0.2, 0) is 0 Å². The van der Waals surface area contributed by atoms with Crippen molar-refractivity contribution in [3.05, 3.63) is 52.0 Å². The van der Waals surface area contributed by atoms with Gasteiger partial charge in [-0.3, -0.25) is 4.90 Å². The Bertz CT molecular complexity index is 770. The first-order valence-electron chi connectivity index (χ1n) is 9.27. The van der Waals surface area contributed by atoms with E-state index in [9.17, 15) is 0 Å². The first-order chi connectivity index (χ1) is 13.1. The van der Waals surface area contributed by atoms with E-state index in [2.05, 4.69) is 22.3 Å². The third-order valence-electron chi connectivity index (χ3n) is 5.05. The van der Waals surface area contributed by atoms with Crippen molar-refractivity contribution in [1.82, 2.24) is 4.90 Å². The van der Waals surface area contributed by atoms with Crippen LogP contribution in [0.3, 0.4) is 0 Å². The molecule has 4 nitrogen and oxygen atoms in total. The molecule has 0 aromatic heterocycles. The van der Waals surface area contributed by atoms with Gasteiger partial charge in [-0.05, 0) is 55.3 Å². The lowest BCUT2D eigenvalue weighted by Crippen LogP contribution is -2.36. The SMILES string of the molecule is COc1ccc(C2CCCCN2CCNc2ccc(Cl)c(Cl)c2)cc1OC. The van der Waals surface area contributed by atoms with Crippen molar-refractivity contribution in [2.45, 2.75) is 25.3 Å². The highest BCUT2D eigenvalue weighted by atomic mass is 35.5. The highest BCUT2D eigenvalue weighted by molar-refractivity contribution is 6.42. The first kappa shape index (κ1) is 20.1. The van der Waals surface area contributed by atoms with E-state index in [1.165, 1.54) is 18.4 Å². The molecule has 1 atom stereocenters. The van der Waals surface area contributed by atoms with E-state index in [4.69, 9.17) is 32.7 Å². The van der Waals surface area contributed by atoms with Gasteiger partial charge in [0.25, 0.3) is 0 Å². The molecule has 0 spiro atoms. The molecule has 0 aliphatic carbocycles. The summed E-state index contributed by atoms with van der Waals surface area (Å²) in [5.41, 5.74) is 2.27. The molecule has 2 aromatic rings. The average Bonchev–Trinajstić information content (AvgIpc) is 2.70. The lowest BCUT2D eigenvalue weighted by Gasteiger charge is -2.36. The normalized spacial score (nSPS) is 17.6. The molecule has 1 saturated heterocycles. The smallest absolute Gasteiger partial charge is 0.161 e. The Kier molecular flexibility index (Phi) is 7.11. The summed E-state index contributed by atoms with van der Waals surface area (Å²) < 4.78 is 10.9. The number of methoxy groups -OCH3 is 2. The summed E-state index contributed by atoms with van der Waals surface area (Å²) in [5, 5.41) is 4.59. The predicted molar refractivity (Wildman–Crippen MR) is 113 cm³/mol. The molecule has 3 rings (SSSR count). The molecule has 27 heavy (non-hydrogen) atoms. The Balaban J connectivity index is 1.65. The molecule has 1 aliphatic rings. The summed E-state index contributed by atoms with van der Waals surface area (Å²) in [5.74, 6) is 1.55. The monoisotopic (exact) mass is 408 g/mol. The van der Waals surface area contributed by atoms with Gasteiger partial charge in [-0.2, -0.15) is 0 Å². The molecule has 0 saturated carbocycles. The fourth-order valence-corrected chi connectivity index (χ4v) is 3.94. The summed E-state index contributed by atoms with van der Waals surface area (Å²) in [4.78, 5) is 2.54. The molecule has 2 aromatic carbocycles. The molecule has 1 N–H and O–H groups in total. The van der Waals surface area contributed by atoms with Crippen molar-refractivity contribution in [2.75, 3.05) is 39.2 Å². The van der Waals surface area contributed by atoms with Crippen LogP contribution in [0.15, 0.2) is 36.4 Å². The van der Waals surface area contributed by atoms with Crippen molar-refractivity contribution in [2.24, 2.45) is 0 Å². The average molecular weight is 409 g/mol. The number of nitrogens with zero attached hydrogens (tertiary/aromatic N) is 1. The minimum Gasteiger partial charge on any atom is -0.493 e. The number of anilines is 1. The van der Waals surface area contributed by atoms with E-state index in [-0.39, 0.29) is 0 Å². The highest BCUT2D eigenvalue weighted by Crippen LogP contribution is 2.36. The van der Waals surface area contributed by atoms with Crippen LogP contribution in [0.1, 0.15) is 30.9 Å². The molecule has 0 bridgehead atoms. The quantitative estimate of drug-likeness (QED) is 0.641. The molecular weight excluding hydrogens is 383 g/mol. The van der Waals surface area contributed by atoms with Gasteiger partial charge in [0.05, 0.1) is 24.3 Å². The maximum absolute atomic E-state index is 6.09. The van der Waals surface area contributed by atoms with Crippen LogP contribution in [0.5, 0.6) is 11.5 Å². The molecule has 1 fully saturated rings. The van der Waals surface area contributed by atoms with Crippen molar-refractivity contribution in [3.8, 4) is 11.5 Å². The van der Waals surface area contributed by atoms with Crippen molar-refractivity contribution >= 4 is 28.9 Å². The van der Waals surface area contributed by atoms with Gasteiger partial charge in [-0.15, -0.1) is 0 Å². The van der Waals surface area contributed by atoms with E-state index in [0.717, 1.165) is 43.2 Å². The number of benzene rings is 2. The van der Waals surface area contributed by atoms with Crippen LogP contribution in [0.25, 0.3) is 0 Å². The Hall–Kier alpha value is -1.62. The van der Waals surface area contributed by atoms with E-state index in [0.29, 0.717) is 16.1 Å². The number of ether oxygens (including phenoxy) is 2.